The Morgan fingerprint density at radius 1 is 1.25 bits per heavy atom. The first-order valence-electron chi connectivity index (χ1n) is 6.75. The first kappa shape index (κ1) is 15.1. The van der Waals surface area contributed by atoms with Crippen molar-refractivity contribution in [1.29, 1.82) is 0 Å². The normalized spacial score (nSPS) is 16.7. The molecule has 0 bridgehead atoms. The number of fused-ring (bicyclic) bond motifs is 1. The van der Waals surface area contributed by atoms with Crippen LogP contribution in [0.1, 0.15) is 24.3 Å². The van der Waals surface area contributed by atoms with Crippen molar-refractivity contribution < 1.29 is 4.79 Å². The third-order valence-corrected chi connectivity index (χ3v) is 4.35. The zero-order valence-electron chi connectivity index (χ0n) is 11.7. The monoisotopic (exact) mass is 334 g/mol. The first-order chi connectivity index (χ1) is 9.72. The summed E-state index contributed by atoms with van der Waals surface area (Å²) in [5.41, 5.74) is 2.47. The van der Waals surface area contributed by atoms with Crippen LogP contribution in [0.5, 0.6) is 0 Å². The van der Waals surface area contributed by atoms with Crippen LogP contribution in [0.4, 0.5) is 0 Å². The minimum Gasteiger partial charge on any atom is -0.307 e. The molecule has 2 aromatic rings. The number of rotatable bonds is 1. The molecule has 2 heterocycles. The van der Waals surface area contributed by atoms with Gasteiger partial charge in [0.1, 0.15) is 6.79 Å². The zero-order chi connectivity index (χ0) is 14.5. The fraction of sp³-hybridized carbons (Fsp3) is 0.375. The van der Waals surface area contributed by atoms with E-state index in [2.05, 4.69) is 63.3 Å². The van der Waals surface area contributed by atoms with Gasteiger partial charge in [-0.3, -0.25) is 4.98 Å². The summed E-state index contributed by atoms with van der Waals surface area (Å²) >= 11 is 3.49. The van der Waals surface area contributed by atoms with E-state index in [1.165, 1.54) is 36.9 Å². The number of piperidine rings is 1. The van der Waals surface area contributed by atoms with Crippen molar-refractivity contribution in [1.82, 2.24) is 9.88 Å². The van der Waals surface area contributed by atoms with E-state index in [4.69, 9.17) is 4.79 Å². The van der Waals surface area contributed by atoms with Gasteiger partial charge in [0.25, 0.3) is 0 Å². The van der Waals surface area contributed by atoms with Crippen LogP contribution in [0.3, 0.4) is 0 Å². The number of carbonyl (C=O) groups excluding carboxylic acids is 1. The second-order valence-electron chi connectivity index (χ2n) is 5.18. The lowest BCUT2D eigenvalue weighted by atomic mass is 9.90. The molecule has 0 spiro atoms. The number of carbonyl (C=O) groups is 1. The van der Waals surface area contributed by atoms with E-state index in [9.17, 15) is 0 Å². The Hall–Kier alpha value is -1.26. The van der Waals surface area contributed by atoms with E-state index in [-0.39, 0.29) is 0 Å². The van der Waals surface area contributed by atoms with E-state index >= 15 is 0 Å². The van der Waals surface area contributed by atoms with Crippen LogP contribution in [0.15, 0.2) is 34.9 Å². The Morgan fingerprint density at radius 3 is 2.65 bits per heavy atom. The fourth-order valence-corrected chi connectivity index (χ4v) is 3.03. The van der Waals surface area contributed by atoms with Gasteiger partial charge in [0.05, 0.1) is 5.52 Å². The van der Waals surface area contributed by atoms with Crippen LogP contribution in [0.2, 0.25) is 0 Å². The average Bonchev–Trinajstić information content (AvgIpc) is 2.49. The van der Waals surface area contributed by atoms with Crippen LogP contribution >= 0.6 is 15.9 Å². The van der Waals surface area contributed by atoms with Crippen LogP contribution in [-0.4, -0.2) is 36.8 Å². The molecule has 20 heavy (non-hydrogen) atoms. The lowest BCUT2D eigenvalue weighted by Crippen LogP contribution is -2.29. The second kappa shape index (κ2) is 6.95. The number of hydrogen-bond acceptors (Lipinski definition) is 3. The second-order valence-corrected chi connectivity index (χ2v) is 6.10. The summed E-state index contributed by atoms with van der Waals surface area (Å²) in [6.07, 6.45) is 4.56. The number of likely N-dealkylation sites (tertiary alicyclic amines) is 1. The van der Waals surface area contributed by atoms with Crippen molar-refractivity contribution in [3.8, 4) is 0 Å². The summed E-state index contributed by atoms with van der Waals surface area (Å²) in [5.74, 6) is 0.682. The van der Waals surface area contributed by atoms with Crippen molar-refractivity contribution in [3.05, 3.63) is 40.5 Å². The zero-order valence-corrected chi connectivity index (χ0v) is 13.3. The molecular formula is C16H19BrN2O. The van der Waals surface area contributed by atoms with Gasteiger partial charge in [0.15, 0.2) is 0 Å². The van der Waals surface area contributed by atoms with Gasteiger partial charge in [-0.2, -0.15) is 0 Å². The topological polar surface area (TPSA) is 33.2 Å². The van der Waals surface area contributed by atoms with E-state index in [1.54, 1.807) is 0 Å². The lowest BCUT2D eigenvalue weighted by molar-refractivity contribution is -0.0979. The number of hydrogen-bond donors (Lipinski definition) is 0. The summed E-state index contributed by atoms with van der Waals surface area (Å²) in [7, 11) is 2.20. The van der Waals surface area contributed by atoms with Crippen LogP contribution in [0.25, 0.3) is 10.9 Å². The molecule has 0 N–H and O–H groups in total. The predicted molar refractivity (Wildman–Crippen MR) is 86.0 cm³/mol. The number of halogens is 1. The molecule has 1 aliphatic heterocycles. The van der Waals surface area contributed by atoms with E-state index in [0.29, 0.717) is 5.92 Å². The summed E-state index contributed by atoms with van der Waals surface area (Å²) in [6.45, 7) is 4.39. The SMILES string of the molecule is C=O.CN1CCC(c2cnc3cc(Br)ccc3c2)CC1. The highest BCUT2D eigenvalue weighted by Gasteiger charge is 2.18. The van der Waals surface area contributed by atoms with Crippen molar-refractivity contribution in [2.24, 2.45) is 0 Å². The number of nitrogens with zero attached hydrogens (tertiary/aromatic N) is 2. The third kappa shape index (κ3) is 3.44. The highest BCUT2D eigenvalue weighted by Crippen LogP contribution is 2.29. The molecule has 0 aliphatic carbocycles. The number of pyridine rings is 1. The maximum atomic E-state index is 8.00. The molecular weight excluding hydrogens is 316 g/mol. The molecule has 0 saturated carbocycles. The van der Waals surface area contributed by atoms with Crippen molar-refractivity contribution in [2.75, 3.05) is 20.1 Å². The standard InChI is InChI=1S/C15H17BrN2.CH2O/c1-18-6-4-11(5-7-18)13-8-12-2-3-14(16)9-15(12)17-10-13;1-2/h2-3,8-11H,4-7H2,1H3;1H2. The maximum Gasteiger partial charge on any atom is 0.106 e. The Balaban J connectivity index is 0.000000704. The van der Waals surface area contributed by atoms with Gasteiger partial charge in [-0.15, -0.1) is 0 Å². The van der Waals surface area contributed by atoms with Gasteiger partial charge in [0, 0.05) is 16.1 Å². The molecule has 0 radical (unpaired) electrons. The summed E-state index contributed by atoms with van der Waals surface area (Å²) in [6, 6.07) is 8.62. The van der Waals surface area contributed by atoms with Gasteiger partial charge < -0.3 is 9.69 Å². The highest BCUT2D eigenvalue weighted by molar-refractivity contribution is 9.10. The lowest BCUT2D eigenvalue weighted by Gasteiger charge is -2.29. The van der Waals surface area contributed by atoms with Gasteiger partial charge >= 0.3 is 0 Å². The predicted octanol–water partition coefficient (Wildman–Crippen LogP) is 3.62. The number of aromatic nitrogens is 1. The molecule has 1 aromatic heterocycles. The molecule has 1 aromatic carbocycles. The Labute approximate surface area is 128 Å². The molecule has 0 unspecified atom stereocenters. The van der Waals surface area contributed by atoms with Crippen molar-refractivity contribution in [2.45, 2.75) is 18.8 Å². The third-order valence-electron chi connectivity index (χ3n) is 3.86. The molecule has 0 atom stereocenters. The Bertz CT molecular complexity index is 580. The molecule has 1 saturated heterocycles. The highest BCUT2D eigenvalue weighted by atomic mass is 79.9. The summed E-state index contributed by atoms with van der Waals surface area (Å²) in [5, 5.41) is 1.25. The van der Waals surface area contributed by atoms with Gasteiger partial charge in [-0.1, -0.05) is 22.0 Å². The van der Waals surface area contributed by atoms with Gasteiger partial charge in [0.2, 0.25) is 0 Å². The molecule has 106 valence electrons. The Morgan fingerprint density at radius 2 is 1.95 bits per heavy atom. The van der Waals surface area contributed by atoms with E-state index in [0.717, 1.165) is 9.99 Å². The minimum absolute atomic E-state index is 0.682. The van der Waals surface area contributed by atoms with Gasteiger partial charge in [-0.25, -0.2) is 0 Å². The van der Waals surface area contributed by atoms with Crippen LogP contribution in [-0.2, 0) is 4.79 Å². The van der Waals surface area contributed by atoms with Crippen molar-refractivity contribution in [3.63, 3.8) is 0 Å². The molecule has 3 rings (SSSR count). The molecule has 0 amide bonds. The first-order valence-corrected chi connectivity index (χ1v) is 7.54. The fourth-order valence-electron chi connectivity index (χ4n) is 2.68. The molecule has 3 nitrogen and oxygen atoms in total. The average molecular weight is 335 g/mol. The quantitative estimate of drug-likeness (QED) is 0.798. The molecule has 1 aliphatic rings. The number of benzene rings is 1. The van der Waals surface area contributed by atoms with E-state index in [1.807, 2.05) is 6.79 Å². The smallest absolute Gasteiger partial charge is 0.106 e. The molecule has 1 fully saturated rings. The van der Waals surface area contributed by atoms with Gasteiger partial charge in [-0.05, 0) is 62.7 Å². The molecule has 4 heteroatoms. The summed E-state index contributed by atoms with van der Waals surface area (Å²) < 4.78 is 1.09. The Kier molecular flexibility index (Phi) is 5.26. The van der Waals surface area contributed by atoms with Crippen LogP contribution < -0.4 is 0 Å². The maximum absolute atomic E-state index is 8.00. The van der Waals surface area contributed by atoms with Crippen LogP contribution in [0, 0.1) is 0 Å². The van der Waals surface area contributed by atoms with Crippen molar-refractivity contribution >= 4 is 33.6 Å². The largest absolute Gasteiger partial charge is 0.307 e. The minimum atomic E-state index is 0.682. The van der Waals surface area contributed by atoms with E-state index < -0.39 is 0 Å². The summed E-state index contributed by atoms with van der Waals surface area (Å²) in [4.78, 5) is 15.0.